The summed E-state index contributed by atoms with van der Waals surface area (Å²) in [6.45, 7) is 6.08. The molecule has 0 heterocycles. The van der Waals surface area contributed by atoms with E-state index in [1.54, 1.807) is 51.1 Å². The van der Waals surface area contributed by atoms with Crippen LogP contribution in [0.25, 0.3) is 21.5 Å². The molecule has 0 saturated carbocycles. The molecule has 0 bridgehead atoms. The molecule has 18 heteroatoms. The Labute approximate surface area is 314 Å². The molecule has 13 nitrogen and oxygen atoms in total. The van der Waals surface area contributed by atoms with Crippen LogP contribution in [0.15, 0.2) is 82.6 Å². The third kappa shape index (κ3) is 13.4. The lowest BCUT2D eigenvalue weighted by Gasteiger charge is -2.19. The average Bonchev–Trinajstić information content (AvgIpc) is 3.07. The molecule has 0 unspecified atom stereocenters. The van der Waals surface area contributed by atoms with Crippen LogP contribution < -0.4 is 25.0 Å². The number of hydrogen-bond acceptors (Lipinski definition) is 10. The second kappa shape index (κ2) is 19.2. The molecule has 5 N–H and O–H groups in total. The zero-order valence-electron chi connectivity index (χ0n) is 31.2. The molecular weight excluding hydrogens is 752 g/mol. The first-order valence-electron chi connectivity index (χ1n) is 16.5. The van der Waals surface area contributed by atoms with Crippen LogP contribution in [-0.2, 0) is 34.4 Å². The number of halogens is 3. The Morgan fingerprint density at radius 2 is 1.07 bits per heavy atom. The fourth-order valence-corrected chi connectivity index (χ4v) is 7.52. The van der Waals surface area contributed by atoms with E-state index < -0.39 is 37.8 Å². The second-order valence-electron chi connectivity index (χ2n) is 13.1. The molecule has 0 saturated heterocycles. The first-order chi connectivity index (χ1) is 24.9. The van der Waals surface area contributed by atoms with Crippen molar-refractivity contribution >= 4 is 64.9 Å². The number of carbonyl (C=O) groups excluding carboxylic acids is 1. The van der Waals surface area contributed by atoms with Crippen LogP contribution in [-0.4, -0.2) is 93.5 Å². The summed E-state index contributed by atoms with van der Waals surface area (Å²) >= 11 is 0. The van der Waals surface area contributed by atoms with E-state index in [9.17, 15) is 34.8 Å². The number of sulfonamides is 2. The first-order valence-corrected chi connectivity index (χ1v) is 19.5. The fourth-order valence-electron chi connectivity index (χ4n) is 4.96. The Morgan fingerprint density at radius 3 is 1.43 bits per heavy atom. The molecule has 298 valence electrons. The first kappa shape index (κ1) is 45.7. The summed E-state index contributed by atoms with van der Waals surface area (Å²) in [7, 11) is 0.486. The van der Waals surface area contributed by atoms with Crippen molar-refractivity contribution in [3.05, 3.63) is 72.8 Å². The Bertz CT molecular complexity index is 2120. The smallest absolute Gasteiger partial charge is 0.475 e. The molecule has 4 rings (SSSR count). The van der Waals surface area contributed by atoms with E-state index in [4.69, 9.17) is 20.4 Å². The highest BCUT2D eigenvalue weighted by Crippen LogP contribution is 2.31. The summed E-state index contributed by atoms with van der Waals surface area (Å²) in [5.41, 5.74) is 6.76. The molecule has 0 atom stereocenters. The van der Waals surface area contributed by atoms with Crippen molar-refractivity contribution in [2.24, 2.45) is 5.73 Å². The third-order valence-electron chi connectivity index (χ3n) is 7.21. The van der Waals surface area contributed by atoms with E-state index in [1.165, 1.54) is 0 Å². The van der Waals surface area contributed by atoms with Crippen LogP contribution in [0, 0.1) is 0 Å². The summed E-state index contributed by atoms with van der Waals surface area (Å²) in [6, 6.07) is 21.8. The lowest BCUT2D eigenvalue weighted by Crippen LogP contribution is -2.29. The van der Waals surface area contributed by atoms with Crippen LogP contribution in [0.4, 0.5) is 24.5 Å². The molecule has 0 aliphatic rings. The molecule has 4 aromatic rings. The number of hydrogen-bond donors (Lipinski definition) is 4. The Balaban J connectivity index is 0.000000327. The van der Waals surface area contributed by atoms with Crippen molar-refractivity contribution in [3.8, 4) is 0 Å². The third-order valence-corrected chi connectivity index (χ3v) is 10.2. The van der Waals surface area contributed by atoms with E-state index in [1.807, 2.05) is 80.5 Å². The molecule has 54 heavy (non-hydrogen) atoms. The molecule has 4 aromatic carbocycles. The number of nitrogens with two attached hydrogens (primary N) is 1. The number of benzene rings is 4. The Hall–Kier alpha value is -4.49. The molecule has 0 radical (unpaired) electrons. The monoisotopic (exact) mass is 799 g/mol. The number of alkyl halides is 3. The number of rotatable bonds is 12. The second-order valence-corrected chi connectivity index (χ2v) is 16.6. The lowest BCUT2D eigenvalue weighted by atomic mass is 10.1. The molecule has 0 fully saturated rings. The molecule has 0 amide bonds. The number of nitrogens with one attached hydrogen (secondary N) is 2. The maximum atomic E-state index is 12.8. The Kier molecular flexibility index (Phi) is 16.2. The highest BCUT2D eigenvalue weighted by Gasteiger charge is 2.38. The van der Waals surface area contributed by atoms with Gasteiger partial charge in [-0.15, -0.1) is 0 Å². The number of fused-ring (bicyclic) bond motifs is 2. The van der Waals surface area contributed by atoms with E-state index in [0.29, 0.717) is 17.2 Å². The average molecular weight is 800 g/mol. The van der Waals surface area contributed by atoms with Gasteiger partial charge < -0.3 is 25.4 Å². The number of carboxylic acid groups (broad SMARTS) is 1. The van der Waals surface area contributed by atoms with Gasteiger partial charge in [0, 0.05) is 87.2 Å². The van der Waals surface area contributed by atoms with Crippen molar-refractivity contribution in [2.45, 2.75) is 55.2 Å². The van der Waals surface area contributed by atoms with Gasteiger partial charge in [-0.25, -0.2) is 31.1 Å². The highest BCUT2D eigenvalue weighted by molar-refractivity contribution is 7.90. The van der Waals surface area contributed by atoms with E-state index in [2.05, 4.69) is 9.44 Å². The van der Waals surface area contributed by atoms with E-state index in [-0.39, 0.29) is 41.8 Å². The number of nitrogens with zero attached hydrogens (tertiary/aromatic N) is 2. The summed E-state index contributed by atoms with van der Waals surface area (Å²) in [5.74, 6) is -3.09. The summed E-state index contributed by atoms with van der Waals surface area (Å²) in [5, 5.41) is 10.3. The van der Waals surface area contributed by atoms with Crippen LogP contribution in [0.5, 0.6) is 0 Å². The summed E-state index contributed by atoms with van der Waals surface area (Å²) < 4.78 is 92.2. The number of carbonyl (C=O) groups is 2. The standard InChI is InChI=1S/C20H28N2O4S.C14H19N3O2S.C2HF3O2/c1-20(2,3)26-19(23)13-8-14-21-27(24,25)18-12-7-9-15-16(18)10-6-11-17(15)22(4)5;1-17(2)13-7-3-6-12-11(13)5-4-8-14(12)20(18,19)16-10-9-15;3-2(4,5)1(6)7/h6-7,9-12,21H,8,13-14H2,1-5H3;3-8,16H,9-10,15H2,1-2H3;(H,6,7). The lowest BCUT2D eigenvalue weighted by molar-refractivity contribution is -0.192. The Morgan fingerprint density at radius 1 is 0.704 bits per heavy atom. The number of aliphatic carboxylic acids is 1. The van der Waals surface area contributed by atoms with Crippen molar-refractivity contribution in [1.82, 2.24) is 9.44 Å². The van der Waals surface area contributed by atoms with Gasteiger partial charge in [-0.05, 0) is 51.5 Å². The molecule has 0 aliphatic carbocycles. The van der Waals surface area contributed by atoms with Crippen LogP contribution in [0.2, 0.25) is 0 Å². The minimum Gasteiger partial charge on any atom is -0.475 e. The predicted octanol–water partition coefficient (Wildman–Crippen LogP) is 5.08. The number of anilines is 2. The van der Waals surface area contributed by atoms with Crippen molar-refractivity contribution in [2.75, 3.05) is 57.6 Å². The van der Waals surface area contributed by atoms with Crippen molar-refractivity contribution in [1.29, 1.82) is 0 Å². The molecule has 0 aliphatic heterocycles. The molecule has 0 spiro atoms. The van der Waals surface area contributed by atoms with Crippen molar-refractivity contribution < 1.29 is 49.4 Å². The largest absolute Gasteiger partial charge is 0.490 e. The van der Waals surface area contributed by atoms with Gasteiger partial charge in [0.15, 0.2) is 0 Å². The topological polar surface area (TPSA) is 188 Å². The van der Waals surface area contributed by atoms with Gasteiger partial charge in [0.05, 0.1) is 9.79 Å². The fraction of sp³-hybridized carbons (Fsp3) is 0.389. The van der Waals surface area contributed by atoms with Crippen LogP contribution in [0.1, 0.15) is 33.6 Å². The molecular formula is C36H48F3N5O8S2. The van der Waals surface area contributed by atoms with Gasteiger partial charge in [0.1, 0.15) is 5.60 Å². The van der Waals surface area contributed by atoms with Gasteiger partial charge in [-0.3, -0.25) is 4.79 Å². The van der Waals surface area contributed by atoms with E-state index >= 15 is 0 Å². The summed E-state index contributed by atoms with van der Waals surface area (Å²) in [4.78, 5) is 25.1. The maximum Gasteiger partial charge on any atom is 0.490 e. The van der Waals surface area contributed by atoms with Gasteiger partial charge in [-0.1, -0.05) is 48.5 Å². The molecule has 0 aromatic heterocycles. The SMILES string of the molecule is CN(C)c1cccc2c(S(=O)(=O)NCCCC(=O)OC(C)(C)C)cccc12.CN(C)c1cccc2c(S(=O)(=O)NCCN)cccc12.O=C(O)C(F)(F)F. The van der Waals surface area contributed by atoms with Crippen LogP contribution >= 0.6 is 0 Å². The van der Waals surface area contributed by atoms with Crippen LogP contribution in [0.3, 0.4) is 0 Å². The predicted molar refractivity (Wildman–Crippen MR) is 205 cm³/mol. The van der Waals surface area contributed by atoms with Gasteiger partial charge in [0.25, 0.3) is 0 Å². The quantitative estimate of drug-likeness (QED) is 0.111. The minimum absolute atomic E-state index is 0.167. The van der Waals surface area contributed by atoms with E-state index in [0.717, 1.165) is 22.1 Å². The van der Waals surface area contributed by atoms with Gasteiger partial charge in [-0.2, -0.15) is 13.2 Å². The maximum absolute atomic E-state index is 12.8. The number of ether oxygens (including phenoxy) is 1. The zero-order chi connectivity index (χ0) is 41.1. The van der Waals surface area contributed by atoms with Gasteiger partial charge >= 0.3 is 18.1 Å². The zero-order valence-corrected chi connectivity index (χ0v) is 32.8. The minimum atomic E-state index is -5.08. The van der Waals surface area contributed by atoms with Gasteiger partial charge in [0.2, 0.25) is 20.0 Å². The number of esters is 1. The number of carboxylic acids is 1. The summed E-state index contributed by atoms with van der Waals surface area (Å²) in [6.07, 6.45) is -4.54. The highest BCUT2D eigenvalue weighted by atomic mass is 32.2. The van der Waals surface area contributed by atoms with Crippen molar-refractivity contribution in [3.63, 3.8) is 0 Å². The normalized spacial score (nSPS) is 11.9.